The highest BCUT2D eigenvalue weighted by molar-refractivity contribution is 5.99. The minimum absolute atomic E-state index is 0.0312. The Kier molecular flexibility index (Phi) is 7.61. The number of ether oxygens (including phenoxy) is 2. The molecule has 6 nitrogen and oxygen atoms in total. The molecule has 0 saturated heterocycles. The van der Waals surface area contributed by atoms with Crippen molar-refractivity contribution in [3.05, 3.63) is 77.4 Å². The molecule has 0 bridgehead atoms. The second kappa shape index (κ2) is 10.6. The van der Waals surface area contributed by atoms with Gasteiger partial charge >= 0.3 is 6.61 Å². The second-order valence-electron chi connectivity index (χ2n) is 7.43. The van der Waals surface area contributed by atoms with Crippen molar-refractivity contribution in [2.75, 3.05) is 19.0 Å². The first kappa shape index (κ1) is 23.7. The molecule has 0 spiro atoms. The SMILES string of the molecule is COc1ccc(-c2cc(NC(=O)CNC(=O)c3cc(C)cc(C)c3)ccc2OC(F)F)cc1. The normalized spacial score (nSPS) is 10.6. The smallest absolute Gasteiger partial charge is 0.387 e. The van der Waals surface area contributed by atoms with E-state index < -0.39 is 12.5 Å². The van der Waals surface area contributed by atoms with Gasteiger partial charge in [-0.1, -0.05) is 29.3 Å². The maximum absolute atomic E-state index is 12.9. The number of benzene rings is 3. The predicted molar refractivity (Wildman–Crippen MR) is 122 cm³/mol. The molecule has 8 heteroatoms. The lowest BCUT2D eigenvalue weighted by atomic mass is 10.0. The van der Waals surface area contributed by atoms with Crippen LogP contribution in [0, 0.1) is 13.8 Å². The standard InChI is InChI=1S/C25H24F2N2O4/c1-15-10-16(2)12-18(11-15)24(31)28-14-23(30)29-19-6-9-22(33-25(26)27)21(13-19)17-4-7-20(32-3)8-5-17/h4-13,25H,14H2,1-3H3,(H,28,31)(H,29,30). The van der Waals surface area contributed by atoms with Gasteiger partial charge in [0.05, 0.1) is 13.7 Å². The molecule has 33 heavy (non-hydrogen) atoms. The molecular weight excluding hydrogens is 430 g/mol. The van der Waals surface area contributed by atoms with Crippen molar-refractivity contribution < 1.29 is 27.8 Å². The third-order valence-electron chi connectivity index (χ3n) is 4.77. The van der Waals surface area contributed by atoms with Crippen molar-refractivity contribution in [3.63, 3.8) is 0 Å². The first-order valence-corrected chi connectivity index (χ1v) is 10.1. The Morgan fingerprint density at radius 3 is 2.21 bits per heavy atom. The lowest BCUT2D eigenvalue weighted by Gasteiger charge is -2.14. The molecule has 3 rings (SSSR count). The maximum atomic E-state index is 12.9. The molecule has 2 N–H and O–H groups in total. The molecule has 0 aliphatic carbocycles. The van der Waals surface area contributed by atoms with E-state index in [1.54, 1.807) is 36.4 Å². The molecule has 172 valence electrons. The molecule has 3 aromatic carbocycles. The van der Waals surface area contributed by atoms with E-state index in [-0.39, 0.29) is 18.2 Å². The summed E-state index contributed by atoms with van der Waals surface area (Å²) in [7, 11) is 1.52. The van der Waals surface area contributed by atoms with Gasteiger partial charge in [0.1, 0.15) is 11.5 Å². The molecular formula is C25H24F2N2O4. The molecule has 0 heterocycles. The van der Waals surface area contributed by atoms with E-state index in [9.17, 15) is 18.4 Å². The molecule has 0 radical (unpaired) electrons. The maximum Gasteiger partial charge on any atom is 0.387 e. The Morgan fingerprint density at radius 1 is 0.939 bits per heavy atom. The average Bonchev–Trinajstić information content (AvgIpc) is 2.77. The van der Waals surface area contributed by atoms with E-state index in [4.69, 9.17) is 4.74 Å². The third kappa shape index (κ3) is 6.52. The van der Waals surface area contributed by atoms with Crippen LogP contribution < -0.4 is 20.1 Å². The quantitative estimate of drug-likeness (QED) is 0.505. The fourth-order valence-corrected chi connectivity index (χ4v) is 3.38. The molecule has 0 saturated carbocycles. The topological polar surface area (TPSA) is 76.7 Å². The highest BCUT2D eigenvalue weighted by Gasteiger charge is 2.14. The van der Waals surface area contributed by atoms with E-state index >= 15 is 0 Å². The summed E-state index contributed by atoms with van der Waals surface area (Å²) in [5.74, 6) is -0.247. The van der Waals surface area contributed by atoms with Crippen molar-refractivity contribution in [1.82, 2.24) is 5.32 Å². The van der Waals surface area contributed by atoms with Crippen LogP contribution in [0.15, 0.2) is 60.7 Å². The number of nitrogens with one attached hydrogen (secondary N) is 2. The van der Waals surface area contributed by atoms with Gasteiger partial charge in [0.15, 0.2) is 0 Å². The summed E-state index contributed by atoms with van der Waals surface area (Å²) in [5.41, 5.74) is 3.70. The molecule has 0 fully saturated rings. The Balaban J connectivity index is 1.73. The number of aryl methyl sites for hydroxylation is 2. The molecule has 2 amide bonds. The summed E-state index contributed by atoms with van der Waals surface area (Å²) in [5, 5.41) is 5.24. The van der Waals surface area contributed by atoms with Gasteiger partial charge in [0, 0.05) is 16.8 Å². The predicted octanol–water partition coefficient (Wildman–Crippen LogP) is 4.95. The number of anilines is 1. The summed E-state index contributed by atoms with van der Waals surface area (Å²) in [6.45, 7) is 0.526. The number of rotatable bonds is 8. The number of alkyl halides is 2. The number of carbonyl (C=O) groups excluding carboxylic acids is 2. The van der Waals surface area contributed by atoms with Gasteiger partial charge in [0.25, 0.3) is 5.91 Å². The van der Waals surface area contributed by atoms with Crippen molar-refractivity contribution in [1.29, 1.82) is 0 Å². The lowest BCUT2D eigenvalue weighted by molar-refractivity contribution is -0.115. The van der Waals surface area contributed by atoms with Crippen LogP contribution in [-0.4, -0.2) is 32.1 Å². The van der Waals surface area contributed by atoms with E-state index in [0.717, 1.165) is 11.1 Å². The molecule has 0 aliphatic heterocycles. The summed E-state index contributed by atoms with van der Waals surface area (Å²) < 4.78 is 35.5. The van der Waals surface area contributed by atoms with Gasteiger partial charge in [-0.15, -0.1) is 0 Å². The van der Waals surface area contributed by atoms with Gasteiger partial charge in [-0.2, -0.15) is 8.78 Å². The number of carbonyl (C=O) groups is 2. The number of methoxy groups -OCH3 is 1. The molecule has 0 aliphatic rings. The van der Waals surface area contributed by atoms with Gasteiger partial charge in [-0.25, -0.2) is 0 Å². The highest BCUT2D eigenvalue weighted by Crippen LogP contribution is 2.34. The van der Waals surface area contributed by atoms with Crippen LogP contribution in [0.5, 0.6) is 11.5 Å². The van der Waals surface area contributed by atoms with E-state index in [1.807, 2.05) is 19.9 Å². The lowest BCUT2D eigenvalue weighted by Crippen LogP contribution is -2.32. The van der Waals surface area contributed by atoms with Crippen LogP contribution in [0.3, 0.4) is 0 Å². The average molecular weight is 454 g/mol. The monoisotopic (exact) mass is 454 g/mol. The molecule has 3 aromatic rings. The Bertz CT molecular complexity index is 1130. The summed E-state index contributed by atoms with van der Waals surface area (Å²) in [6.07, 6.45) is 0. The Labute approximate surface area is 190 Å². The zero-order chi connectivity index (χ0) is 24.0. The first-order valence-electron chi connectivity index (χ1n) is 10.1. The fraction of sp³-hybridized carbons (Fsp3) is 0.200. The Hall–Kier alpha value is -3.94. The number of halogens is 2. The van der Waals surface area contributed by atoms with Crippen molar-refractivity contribution in [2.45, 2.75) is 20.5 Å². The van der Waals surface area contributed by atoms with Crippen molar-refractivity contribution in [2.24, 2.45) is 0 Å². The van der Waals surface area contributed by atoms with Crippen LogP contribution >= 0.6 is 0 Å². The van der Waals surface area contributed by atoms with Crippen LogP contribution in [0.4, 0.5) is 14.5 Å². The van der Waals surface area contributed by atoms with Crippen LogP contribution in [0.25, 0.3) is 11.1 Å². The Morgan fingerprint density at radius 2 is 1.61 bits per heavy atom. The minimum Gasteiger partial charge on any atom is -0.497 e. The van der Waals surface area contributed by atoms with Gasteiger partial charge < -0.3 is 20.1 Å². The molecule has 0 atom stereocenters. The first-order chi connectivity index (χ1) is 15.7. The van der Waals surface area contributed by atoms with Crippen LogP contribution in [0.1, 0.15) is 21.5 Å². The van der Waals surface area contributed by atoms with Gasteiger partial charge in [-0.05, 0) is 61.9 Å². The van der Waals surface area contributed by atoms with Crippen LogP contribution in [-0.2, 0) is 4.79 Å². The van der Waals surface area contributed by atoms with E-state index in [1.165, 1.54) is 25.3 Å². The minimum atomic E-state index is -3.00. The van der Waals surface area contributed by atoms with Crippen molar-refractivity contribution in [3.8, 4) is 22.6 Å². The largest absolute Gasteiger partial charge is 0.497 e. The highest BCUT2D eigenvalue weighted by atomic mass is 19.3. The molecule has 0 aromatic heterocycles. The van der Waals surface area contributed by atoms with Gasteiger partial charge in [-0.3, -0.25) is 9.59 Å². The summed E-state index contributed by atoms with van der Waals surface area (Å²) in [4.78, 5) is 24.7. The molecule has 0 unspecified atom stereocenters. The van der Waals surface area contributed by atoms with E-state index in [2.05, 4.69) is 15.4 Å². The fourth-order valence-electron chi connectivity index (χ4n) is 3.38. The summed E-state index contributed by atoms with van der Waals surface area (Å²) >= 11 is 0. The third-order valence-corrected chi connectivity index (χ3v) is 4.77. The van der Waals surface area contributed by atoms with Gasteiger partial charge in [0.2, 0.25) is 5.91 Å². The second-order valence-corrected chi connectivity index (χ2v) is 7.43. The zero-order valence-corrected chi connectivity index (χ0v) is 18.4. The van der Waals surface area contributed by atoms with Crippen molar-refractivity contribution >= 4 is 17.5 Å². The summed E-state index contributed by atoms with van der Waals surface area (Å²) in [6, 6.07) is 16.5. The zero-order valence-electron chi connectivity index (χ0n) is 18.4. The van der Waals surface area contributed by atoms with E-state index in [0.29, 0.717) is 28.1 Å². The number of hydrogen-bond donors (Lipinski definition) is 2. The number of hydrogen-bond acceptors (Lipinski definition) is 4. The van der Waals surface area contributed by atoms with Crippen LogP contribution in [0.2, 0.25) is 0 Å². The number of amides is 2.